The normalized spacial score (nSPS) is 19.6. The van der Waals surface area contributed by atoms with Gasteiger partial charge in [-0.1, -0.05) is 69.8 Å². The van der Waals surface area contributed by atoms with Crippen molar-refractivity contribution in [2.75, 3.05) is 19.8 Å². The van der Waals surface area contributed by atoms with Gasteiger partial charge < -0.3 is 24.4 Å². The Morgan fingerprint density at radius 2 is 1.38 bits per heavy atom. The molecule has 0 fully saturated rings. The summed E-state index contributed by atoms with van der Waals surface area (Å²) in [7, 11) is 4.34. The Balaban J connectivity index is 0.000000154. The first kappa shape index (κ1) is 32.4. The van der Waals surface area contributed by atoms with E-state index in [1.807, 2.05) is 60.7 Å². The minimum absolute atomic E-state index is 0.0192. The summed E-state index contributed by atoms with van der Waals surface area (Å²) >= 11 is 16.7. The molecule has 0 amide bonds. The summed E-state index contributed by atoms with van der Waals surface area (Å²) < 4.78 is 21.9. The molecular formula is C27H25BBr4NO5S. The molecule has 3 aromatic carbocycles. The van der Waals surface area contributed by atoms with E-state index in [1.165, 1.54) is 0 Å². The van der Waals surface area contributed by atoms with E-state index in [0.29, 0.717) is 26.2 Å². The van der Waals surface area contributed by atoms with Gasteiger partial charge in [-0.05, 0) is 60.7 Å². The summed E-state index contributed by atoms with van der Waals surface area (Å²) in [5.74, 6) is 2.54. The van der Waals surface area contributed by atoms with E-state index in [0.717, 1.165) is 47.4 Å². The topological polar surface area (TPSA) is 80.5 Å². The van der Waals surface area contributed by atoms with Crippen LogP contribution in [0.1, 0.15) is 35.3 Å². The van der Waals surface area contributed by atoms with Crippen molar-refractivity contribution in [3.8, 4) is 17.2 Å². The molecule has 0 aromatic heterocycles. The van der Waals surface area contributed by atoms with E-state index < -0.39 is 6.10 Å². The molecule has 0 saturated carbocycles. The van der Waals surface area contributed by atoms with Crippen LogP contribution in [0.4, 0.5) is 0 Å². The summed E-state index contributed by atoms with van der Waals surface area (Å²) in [5, 5.41) is 19.4. The molecule has 0 aliphatic carbocycles. The van der Waals surface area contributed by atoms with Gasteiger partial charge in [-0.25, -0.2) is 0 Å². The van der Waals surface area contributed by atoms with E-state index in [2.05, 4.69) is 94.5 Å². The van der Waals surface area contributed by atoms with Crippen molar-refractivity contribution in [2.45, 2.75) is 23.5 Å². The van der Waals surface area contributed by atoms with Gasteiger partial charge in [0, 0.05) is 36.5 Å². The number of rotatable bonds is 0. The number of fused-ring (bicyclic) bond motifs is 3. The molecule has 3 atom stereocenters. The van der Waals surface area contributed by atoms with Crippen molar-refractivity contribution < 1.29 is 24.4 Å². The Kier molecular flexibility index (Phi) is 13.6. The standard InChI is InChI=1S/C9H8Br2O2.C9H9BrO2.C9H7BrO.BHNS/c10-5-1-2-8-6(3-5)9(12)7(11)4-13-8;10-6-1-2-9-7(5-6)8(11)3-4-12-9;10-8-3-4-9-7(6-8)2-1-5-11-9;1-2-3/h1-3,7,9,12H,4H2;1-2,5,8,11H,3-4H2;1-4,6H,5H2;3H. The van der Waals surface area contributed by atoms with E-state index in [9.17, 15) is 10.2 Å². The number of aliphatic hydroxyl groups is 2. The number of nitrogens with zero attached hydrogens (tertiary/aromatic N) is 1. The molecule has 3 unspecified atom stereocenters. The SMILES string of the molecule is Brc1ccc2c(c1)C=CCO2.OC1CCOc2ccc(Br)cc21.OC1c2cc(Br)ccc2OCC1Br.[B]=NS. The van der Waals surface area contributed by atoms with Gasteiger partial charge in [0.05, 0.1) is 23.6 Å². The molecule has 6 rings (SSSR count). The molecule has 12 heteroatoms. The summed E-state index contributed by atoms with van der Waals surface area (Å²) in [5.41, 5.74) is 2.86. The van der Waals surface area contributed by atoms with Crippen LogP contribution in [0, 0.1) is 0 Å². The quantitative estimate of drug-likeness (QED) is 0.122. The molecular weight excluding hydrogens is 781 g/mol. The predicted octanol–water partition coefficient (Wildman–Crippen LogP) is 7.94. The van der Waals surface area contributed by atoms with Crippen LogP contribution in [0.15, 0.2) is 78.4 Å². The molecule has 3 aliphatic rings. The van der Waals surface area contributed by atoms with Crippen molar-refractivity contribution >= 4 is 90.2 Å². The number of alkyl halides is 1. The summed E-state index contributed by atoms with van der Waals surface area (Å²) in [6.07, 6.45) is 3.91. The zero-order valence-corrected chi connectivity index (χ0v) is 27.8. The van der Waals surface area contributed by atoms with E-state index in [4.69, 9.17) is 14.2 Å². The van der Waals surface area contributed by atoms with Gasteiger partial charge in [-0.15, -0.1) is 0 Å². The minimum atomic E-state index is -0.485. The fourth-order valence-electron chi connectivity index (χ4n) is 3.78. The first-order valence-electron chi connectivity index (χ1n) is 11.7. The second kappa shape index (κ2) is 16.3. The monoisotopic (exact) mass is 802 g/mol. The number of thiol groups is 1. The van der Waals surface area contributed by atoms with Gasteiger partial charge in [0.15, 0.2) is 0 Å². The van der Waals surface area contributed by atoms with Crippen LogP contribution in [0.3, 0.4) is 0 Å². The Morgan fingerprint density at radius 3 is 2.05 bits per heavy atom. The van der Waals surface area contributed by atoms with Crippen molar-refractivity contribution in [3.63, 3.8) is 0 Å². The van der Waals surface area contributed by atoms with Gasteiger partial charge in [0.2, 0.25) is 0 Å². The molecule has 3 aliphatic heterocycles. The molecule has 39 heavy (non-hydrogen) atoms. The molecule has 1 radical (unpaired) electrons. The van der Waals surface area contributed by atoms with Crippen LogP contribution >= 0.6 is 76.5 Å². The number of benzene rings is 3. The second-order valence-electron chi connectivity index (χ2n) is 8.30. The predicted molar refractivity (Wildman–Crippen MR) is 172 cm³/mol. The zero-order valence-electron chi connectivity index (χ0n) is 20.5. The summed E-state index contributed by atoms with van der Waals surface area (Å²) in [4.78, 5) is -0.0192. The van der Waals surface area contributed by atoms with Crippen LogP contribution < -0.4 is 14.2 Å². The third-order valence-electron chi connectivity index (χ3n) is 5.62. The molecule has 0 saturated heterocycles. The fraction of sp³-hybridized carbons (Fsp3) is 0.259. The third kappa shape index (κ3) is 9.72. The van der Waals surface area contributed by atoms with Crippen molar-refractivity contribution in [2.24, 2.45) is 4.30 Å². The Morgan fingerprint density at radius 1 is 0.821 bits per heavy atom. The molecule has 3 aromatic rings. The first-order chi connectivity index (χ1) is 18.7. The van der Waals surface area contributed by atoms with Gasteiger partial charge in [-0.2, -0.15) is 0 Å². The Labute approximate surface area is 268 Å². The van der Waals surface area contributed by atoms with Crippen LogP contribution in [0.2, 0.25) is 0 Å². The number of hydrogen-bond acceptors (Lipinski definition) is 7. The first-order valence-corrected chi connectivity index (χ1v) is 15.4. The van der Waals surface area contributed by atoms with Crippen molar-refractivity contribution in [3.05, 3.63) is 90.8 Å². The number of halogens is 4. The van der Waals surface area contributed by atoms with Gasteiger partial charge in [0.25, 0.3) is 0 Å². The molecule has 6 nitrogen and oxygen atoms in total. The zero-order chi connectivity index (χ0) is 28.4. The van der Waals surface area contributed by atoms with Crippen molar-refractivity contribution in [1.29, 1.82) is 0 Å². The average molecular weight is 806 g/mol. The Hall–Kier alpha value is -1.15. The third-order valence-corrected chi connectivity index (χ3v) is 7.86. The maximum absolute atomic E-state index is 9.81. The van der Waals surface area contributed by atoms with Crippen LogP contribution in [-0.2, 0) is 0 Å². The average Bonchev–Trinajstić information content (AvgIpc) is 2.93. The fourth-order valence-corrected chi connectivity index (χ4v) is 5.33. The van der Waals surface area contributed by atoms with Crippen LogP contribution in [0.5, 0.6) is 17.2 Å². The second-order valence-corrected chi connectivity index (χ2v) is 12.5. The molecule has 0 spiro atoms. The van der Waals surface area contributed by atoms with Crippen LogP contribution in [-0.4, -0.2) is 42.5 Å². The van der Waals surface area contributed by atoms with Crippen molar-refractivity contribution in [1.82, 2.24) is 0 Å². The van der Waals surface area contributed by atoms with Gasteiger partial charge in [0.1, 0.15) is 30.5 Å². The molecule has 205 valence electrons. The summed E-state index contributed by atoms with van der Waals surface area (Å²) in [6.45, 7) is 1.81. The molecule has 2 N–H and O–H groups in total. The Bertz CT molecular complexity index is 1300. The van der Waals surface area contributed by atoms with Gasteiger partial charge >= 0.3 is 24.8 Å². The number of ether oxygens (including phenoxy) is 3. The number of aliphatic hydroxyl groups excluding tert-OH is 2. The van der Waals surface area contributed by atoms with E-state index in [1.54, 1.807) is 0 Å². The van der Waals surface area contributed by atoms with E-state index in [-0.39, 0.29) is 10.9 Å². The molecule has 0 bridgehead atoms. The number of hydrogen-bond donors (Lipinski definition) is 3. The summed E-state index contributed by atoms with van der Waals surface area (Å²) in [6, 6.07) is 17.3. The molecule has 3 heterocycles. The van der Waals surface area contributed by atoms with Crippen LogP contribution in [0.25, 0.3) is 6.08 Å². The van der Waals surface area contributed by atoms with E-state index >= 15 is 0 Å². The van der Waals surface area contributed by atoms with Gasteiger partial charge in [-0.3, -0.25) is 0 Å². The maximum atomic E-state index is 9.81.